The van der Waals surface area contributed by atoms with Crippen molar-refractivity contribution in [2.24, 2.45) is 11.8 Å². The average Bonchev–Trinajstić information content (AvgIpc) is 2.91. The van der Waals surface area contributed by atoms with Crippen molar-refractivity contribution >= 4 is 6.03 Å². The molecule has 5 nitrogen and oxygen atoms in total. The van der Waals surface area contributed by atoms with Gasteiger partial charge in [0.25, 0.3) is 0 Å². The molecule has 1 N–H and O–H groups in total. The van der Waals surface area contributed by atoms with E-state index in [1.807, 2.05) is 4.90 Å². The van der Waals surface area contributed by atoms with Crippen LogP contribution in [0.15, 0.2) is 0 Å². The van der Waals surface area contributed by atoms with Gasteiger partial charge in [-0.2, -0.15) is 0 Å². The number of hydrogen-bond donors (Lipinski definition) is 1. The van der Waals surface area contributed by atoms with Gasteiger partial charge in [-0.1, -0.05) is 20.8 Å². The number of nitrogens with zero attached hydrogens (tertiary/aromatic N) is 2. The molecule has 2 rings (SSSR count). The van der Waals surface area contributed by atoms with Gasteiger partial charge >= 0.3 is 6.03 Å². The molecule has 128 valence electrons. The molecular weight excluding hydrogens is 278 g/mol. The smallest absolute Gasteiger partial charge is 0.317 e. The topological polar surface area (TPSA) is 44.8 Å². The van der Waals surface area contributed by atoms with Crippen LogP contribution in [0.4, 0.5) is 4.79 Å². The highest BCUT2D eigenvalue weighted by Crippen LogP contribution is 2.21. The minimum atomic E-state index is -0.184. The first-order chi connectivity index (χ1) is 10.4. The van der Waals surface area contributed by atoms with Crippen LogP contribution in [0.5, 0.6) is 0 Å². The number of carbonyl (C=O) groups is 1. The molecule has 22 heavy (non-hydrogen) atoms. The highest BCUT2D eigenvalue weighted by molar-refractivity contribution is 5.74. The summed E-state index contributed by atoms with van der Waals surface area (Å²) in [7, 11) is 0. The number of carbonyl (C=O) groups excluding carboxylic acids is 1. The van der Waals surface area contributed by atoms with Crippen molar-refractivity contribution in [1.29, 1.82) is 0 Å². The summed E-state index contributed by atoms with van der Waals surface area (Å²) in [4.78, 5) is 16.8. The number of ether oxygens (including phenoxy) is 1. The van der Waals surface area contributed by atoms with Crippen molar-refractivity contribution < 1.29 is 9.53 Å². The molecule has 0 aromatic rings. The van der Waals surface area contributed by atoms with Gasteiger partial charge in [-0.05, 0) is 38.1 Å². The molecular formula is C17H33N3O2. The van der Waals surface area contributed by atoms with Crippen LogP contribution in [0.2, 0.25) is 0 Å². The number of urea groups is 1. The van der Waals surface area contributed by atoms with Crippen molar-refractivity contribution in [3.8, 4) is 0 Å². The van der Waals surface area contributed by atoms with Gasteiger partial charge in [0.1, 0.15) is 0 Å². The highest BCUT2D eigenvalue weighted by atomic mass is 16.5. The molecule has 0 saturated carbocycles. The molecule has 2 aliphatic rings. The van der Waals surface area contributed by atoms with Crippen LogP contribution >= 0.6 is 0 Å². The lowest BCUT2D eigenvalue weighted by Crippen LogP contribution is -2.54. The first-order valence-electron chi connectivity index (χ1n) is 8.81. The maximum Gasteiger partial charge on any atom is 0.317 e. The summed E-state index contributed by atoms with van der Waals surface area (Å²) in [6.45, 7) is 15.0. The molecule has 2 atom stereocenters. The molecule has 2 saturated heterocycles. The van der Waals surface area contributed by atoms with E-state index in [2.05, 4.69) is 37.9 Å². The van der Waals surface area contributed by atoms with E-state index in [1.54, 1.807) is 0 Å². The zero-order valence-electron chi connectivity index (χ0n) is 14.7. The maximum absolute atomic E-state index is 12.4. The minimum Gasteiger partial charge on any atom is -0.372 e. The molecule has 0 aliphatic carbocycles. The van der Waals surface area contributed by atoms with Crippen molar-refractivity contribution in [3.63, 3.8) is 0 Å². The molecule has 0 unspecified atom stereocenters. The Labute approximate surface area is 135 Å². The quantitative estimate of drug-likeness (QED) is 0.846. The third kappa shape index (κ3) is 4.85. The van der Waals surface area contributed by atoms with Crippen molar-refractivity contribution in [2.45, 2.75) is 46.1 Å². The predicted octanol–water partition coefficient (Wildman–Crippen LogP) is 2.17. The Morgan fingerprint density at radius 2 is 2.18 bits per heavy atom. The van der Waals surface area contributed by atoms with Gasteiger partial charge in [0.15, 0.2) is 0 Å². The molecule has 2 heterocycles. The summed E-state index contributed by atoms with van der Waals surface area (Å²) in [6, 6.07) is 0.0743. The lowest BCUT2D eigenvalue weighted by molar-refractivity contribution is -0.0872. The first-order valence-corrected chi connectivity index (χ1v) is 8.81. The third-order valence-electron chi connectivity index (χ3n) is 4.91. The fourth-order valence-electron chi connectivity index (χ4n) is 3.42. The van der Waals surface area contributed by atoms with E-state index in [9.17, 15) is 4.79 Å². The first kappa shape index (κ1) is 17.5. The number of nitrogens with one attached hydrogen (secondary N) is 1. The number of amides is 2. The Morgan fingerprint density at radius 3 is 2.86 bits per heavy atom. The lowest BCUT2D eigenvalue weighted by Gasteiger charge is -2.40. The normalized spacial score (nSPS) is 30.0. The van der Waals surface area contributed by atoms with Crippen LogP contribution in [0, 0.1) is 11.8 Å². The fraction of sp³-hybridized carbons (Fsp3) is 0.941. The Kier molecular flexibility index (Phi) is 6.09. The van der Waals surface area contributed by atoms with Gasteiger partial charge in [0, 0.05) is 26.2 Å². The van der Waals surface area contributed by atoms with Crippen molar-refractivity contribution in [1.82, 2.24) is 15.1 Å². The number of likely N-dealkylation sites (tertiary alicyclic amines) is 1. The maximum atomic E-state index is 12.4. The Hall–Kier alpha value is -0.810. The molecule has 0 bridgehead atoms. The summed E-state index contributed by atoms with van der Waals surface area (Å²) in [5, 5.41) is 3.13. The average molecular weight is 311 g/mol. The third-order valence-corrected chi connectivity index (χ3v) is 4.91. The van der Waals surface area contributed by atoms with Crippen LogP contribution in [-0.4, -0.2) is 67.3 Å². The van der Waals surface area contributed by atoms with E-state index >= 15 is 0 Å². The Bertz CT molecular complexity index is 375. The minimum absolute atomic E-state index is 0.0743. The van der Waals surface area contributed by atoms with Gasteiger partial charge in [-0.25, -0.2) is 4.79 Å². The van der Waals surface area contributed by atoms with Crippen LogP contribution in [0.3, 0.4) is 0 Å². The second-order valence-electron chi connectivity index (χ2n) is 7.57. The van der Waals surface area contributed by atoms with E-state index in [-0.39, 0.29) is 11.6 Å². The second-order valence-corrected chi connectivity index (χ2v) is 7.57. The molecule has 2 aliphatic heterocycles. The van der Waals surface area contributed by atoms with Gasteiger partial charge in [-0.3, -0.25) is 0 Å². The summed E-state index contributed by atoms with van der Waals surface area (Å²) < 4.78 is 5.80. The zero-order valence-corrected chi connectivity index (χ0v) is 14.7. The zero-order chi connectivity index (χ0) is 16.2. The van der Waals surface area contributed by atoms with Crippen LogP contribution in [0.25, 0.3) is 0 Å². The molecule has 2 fully saturated rings. The monoisotopic (exact) mass is 311 g/mol. The standard InChI is InChI=1S/C17H33N3O2/c1-5-17(4)13-20(8-9-22-17)16(21)18-10-15-6-7-19(12-15)11-14(2)3/h14-15H,5-13H2,1-4H3,(H,18,21)/t15-,17-/m1/s1. The molecule has 2 amide bonds. The Morgan fingerprint density at radius 1 is 1.41 bits per heavy atom. The van der Waals surface area contributed by atoms with Crippen LogP contribution < -0.4 is 5.32 Å². The Balaban J connectivity index is 1.72. The highest BCUT2D eigenvalue weighted by Gasteiger charge is 2.33. The lowest BCUT2D eigenvalue weighted by atomic mass is 10.0. The predicted molar refractivity (Wildman–Crippen MR) is 89.0 cm³/mol. The van der Waals surface area contributed by atoms with Crippen molar-refractivity contribution in [2.75, 3.05) is 45.9 Å². The summed E-state index contributed by atoms with van der Waals surface area (Å²) in [5.74, 6) is 1.31. The largest absolute Gasteiger partial charge is 0.372 e. The molecule has 0 aromatic heterocycles. The summed E-state index contributed by atoms with van der Waals surface area (Å²) in [5.41, 5.74) is -0.184. The number of morpholine rings is 1. The summed E-state index contributed by atoms with van der Waals surface area (Å²) >= 11 is 0. The molecule has 0 spiro atoms. The van der Waals surface area contributed by atoms with E-state index < -0.39 is 0 Å². The molecule has 0 aromatic carbocycles. The fourth-order valence-corrected chi connectivity index (χ4v) is 3.42. The second kappa shape index (κ2) is 7.64. The SMILES string of the molecule is CC[C@]1(C)CN(C(=O)NC[C@H]2CCN(CC(C)C)C2)CCO1. The van der Waals surface area contributed by atoms with Crippen LogP contribution in [0.1, 0.15) is 40.5 Å². The summed E-state index contributed by atoms with van der Waals surface area (Å²) in [6.07, 6.45) is 2.13. The van der Waals surface area contributed by atoms with Gasteiger partial charge in [0.05, 0.1) is 18.8 Å². The van der Waals surface area contributed by atoms with Gasteiger partial charge in [-0.15, -0.1) is 0 Å². The van der Waals surface area contributed by atoms with E-state index in [4.69, 9.17) is 4.74 Å². The van der Waals surface area contributed by atoms with E-state index in [0.29, 0.717) is 31.5 Å². The van der Waals surface area contributed by atoms with E-state index in [1.165, 1.54) is 19.5 Å². The van der Waals surface area contributed by atoms with E-state index in [0.717, 1.165) is 19.5 Å². The number of rotatable bonds is 5. The molecule has 5 heteroatoms. The van der Waals surface area contributed by atoms with Crippen LogP contribution in [-0.2, 0) is 4.74 Å². The van der Waals surface area contributed by atoms with Gasteiger partial charge < -0.3 is 19.9 Å². The number of hydrogen-bond acceptors (Lipinski definition) is 3. The molecule has 0 radical (unpaired) electrons. The van der Waals surface area contributed by atoms with Crippen molar-refractivity contribution in [3.05, 3.63) is 0 Å². The van der Waals surface area contributed by atoms with Gasteiger partial charge in [0.2, 0.25) is 0 Å².